The van der Waals surface area contributed by atoms with Gasteiger partial charge in [0.1, 0.15) is 0 Å². The van der Waals surface area contributed by atoms with E-state index in [1.807, 2.05) is 60.7 Å². The number of benzene rings is 4. The zero-order valence-corrected chi connectivity index (χ0v) is 19.4. The van der Waals surface area contributed by atoms with Crippen molar-refractivity contribution in [2.24, 2.45) is 5.10 Å². The fourth-order valence-corrected chi connectivity index (χ4v) is 4.18. The number of hydrazone groups is 1. The number of nitrogens with zero attached hydrogens (tertiary/aromatic N) is 2. The zero-order chi connectivity index (χ0) is 24.9. The molecule has 36 heavy (non-hydrogen) atoms. The molecule has 4 aromatic carbocycles. The maximum atomic E-state index is 13.1. The first-order chi connectivity index (χ1) is 17.6. The van der Waals surface area contributed by atoms with Crippen LogP contribution in [0.4, 0.5) is 0 Å². The lowest BCUT2D eigenvalue weighted by Gasteiger charge is -2.21. The van der Waals surface area contributed by atoms with E-state index in [0.29, 0.717) is 6.42 Å². The maximum absolute atomic E-state index is 13.1. The van der Waals surface area contributed by atoms with Gasteiger partial charge < -0.3 is 14.6 Å². The molecule has 4 aromatic rings. The van der Waals surface area contributed by atoms with Crippen LogP contribution in [0.1, 0.15) is 23.6 Å². The van der Waals surface area contributed by atoms with Crippen LogP contribution in [-0.2, 0) is 14.3 Å². The lowest BCUT2D eigenvalue weighted by Crippen LogP contribution is -2.32. The summed E-state index contributed by atoms with van der Waals surface area (Å²) >= 11 is 0. The molecule has 0 aliphatic carbocycles. The highest BCUT2D eigenvalue weighted by Crippen LogP contribution is 2.33. The number of phenolic OH excluding ortho intramolecular Hbond substituents is 1. The van der Waals surface area contributed by atoms with Crippen LogP contribution in [0.5, 0.6) is 11.5 Å². The largest absolute Gasteiger partial charge is 0.504 e. The Bertz CT molecular complexity index is 1430. The number of rotatable bonds is 7. The number of carbonyl (C=O) groups is 2. The van der Waals surface area contributed by atoms with Gasteiger partial charge in [0.25, 0.3) is 5.91 Å². The van der Waals surface area contributed by atoms with Crippen molar-refractivity contribution < 1.29 is 24.2 Å². The third-order valence-electron chi connectivity index (χ3n) is 6.00. The number of carbonyl (C=O) groups excluding carboxylic acids is 2. The number of aromatic hydroxyl groups is 1. The Morgan fingerprint density at radius 3 is 2.39 bits per heavy atom. The number of amides is 1. The minimum Gasteiger partial charge on any atom is -0.504 e. The van der Waals surface area contributed by atoms with E-state index >= 15 is 0 Å². The van der Waals surface area contributed by atoms with Gasteiger partial charge in [-0.1, -0.05) is 78.9 Å². The molecule has 1 aliphatic rings. The van der Waals surface area contributed by atoms with E-state index in [1.165, 1.54) is 17.1 Å². The molecule has 0 fully saturated rings. The quantitative estimate of drug-likeness (QED) is 0.382. The van der Waals surface area contributed by atoms with Gasteiger partial charge in [0.2, 0.25) is 0 Å². The molecule has 1 aliphatic heterocycles. The molecule has 1 N–H and O–H groups in total. The van der Waals surface area contributed by atoms with Gasteiger partial charge in [-0.15, -0.1) is 0 Å². The molecule has 0 saturated carbocycles. The van der Waals surface area contributed by atoms with Crippen LogP contribution in [0.2, 0.25) is 0 Å². The molecule has 0 spiro atoms. The predicted molar refractivity (Wildman–Crippen MR) is 136 cm³/mol. The lowest BCUT2D eigenvalue weighted by molar-refractivity contribution is -0.154. The van der Waals surface area contributed by atoms with Crippen LogP contribution >= 0.6 is 0 Å². The highest BCUT2D eigenvalue weighted by atomic mass is 16.6. The third-order valence-corrected chi connectivity index (χ3v) is 6.00. The highest BCUT2D eigenvalue weighted by molar-refractivity contribution is 6.05. The minimum absolute atomic E-state index is 0.0836. The van der Waals surface area contributed by atoms with E-state index in [1.54, 1.807) is 12.1 Å². The van der Waals surface area contributed by atoms with E-state index in [9.17, 15) is 14.7 Å². The number of fused-ring (bicyclic) bond motifs is 1. The summed E-state index contributed by atoms with van der Waals surface area (Å²) in [6.07, 6.45) is 0.540. The van der Waals surface area contributed by atoms with Gasteiger partial charge in [-0.25, -0.2) is 9.80 Å². The summed E-state index contributed by atoms with van der Waals surface area (Å²) in [7, 11) is 0. The first-order valence-corrected chi connectivity index (χ1v) is 11.6. The van der Waals surface area contributed by atoms with Crippen molar-refractivity contribution in [1.29, 1.82) is 0 Å². The summed E-state index contributed by atoms with van der Waals surface area (Å²) in [6.45, 7) is -0.903. The number of hydrogen-bond donors (Lipinski definition) is 1. The Morgan fingerprint density at radius 2 is 1.58 bits per heavy atom. The molecule has 7 heteroatoms. The van der Waals surface area contributed by atoms with Crippen LogP contribution in [0.25, 0.3) is 10.8 Å². The molecule has 1 atom stereocenters. The van der Waals surface area contributed by atoms with Crippen molar-refractivity contribution in [1.82, 2.24) is 5.01 Å². The van der Waals surface area contributed by atoms with E-state index in [0.717, 1.165) is 27.6 Å². The molecule has 0 bridgehead atoms. The summed E-state index contributed by atoms with van der Waals surface area (Å²) in [4.78, 5) is 25.3. The predicted octanol–water partition coefficient (Wildman–Crippen LogP) is 4.85. The first kappa shape index (κ1) is 23.1. The number of hydrogen-bond acceptors (Lipinski definition) is 6. The van der Waals surface area contributed by atoms with Crippen molar-refractivity contribution in [2.45, 2.75) is 12.5 Å². The number of phenols is 1. The first-order valence-electron chi connectivity index (χ1n) is 11.6. The summed E-state index contributed by atoms with van der Waals surface area (Å²) in [5, 5.41) is 18.0. The number of para-hydroxylation sites is 2. The van der Waals surface area contributed by atoms with E-state index in [2.05, 4.69) is 17.2 Å². The van der Waals surface area contributed by atoms with Crippen LogP contribution in [-0.4, -0.2) is 40.9 Å². The van der Waals surface area contributed by atoms with Gasteiger partial charge in [-0.3, -0.25) is 4.79 Å². The Hall–Kier alpha value is -4.65. The second-order valence-corrected chi connectivity index (χ2v) is 8.39. The topological polar surface area (TPSA) is 88.4 Å². The van der Waals surface area contributed by atoms with E-state index < -0.39 is 25.1 Å². The van der Waals surface area contributed by atoms with Gasteiger partial charge in [-0.2, -0.15) is 5.10 Å². The Balaban J connectivity index is 1.30. The lowest BCUT2D eigenvalue weighted by atomic mass is 9.97. The molecular weight excluding hydrogens is 456 g/mol. The zero-order valence-electron chi connectivity index (χ0n) is 19.4. The molecule has 0 radical (unpaired) electrons. The number of esters is 1. The maximum Gasteiger partial charge on any atom is 0.344 e. The van der Waals surface area contributed by atoms with Crippen LogP contribution in [0.3, 0.4) is 0 Å². The molecule has 180 valence electrons. The SMILES string of the molecule is O=C(COc1ccccc1O)OCC(=O)N1N=C(c2ccc3ccccc3c2)CC1c1ccccc1. The fraction of sp³-hybridized carbons (Fsp3) is 0.138. The summed E-state index contributed by atoms with van der Waals surface area (Å²) < 4.78 is 10.4. The van der Waals surface area contributed by atoms with E-state index in [4.69, 9.17) is 9.47 Å². The van der Waals surface area contributed by atoms with Gasteiger partial charge in [0.05, 0.1) is 11.8 Å². The summed E-state index contributed by atoms with van der Waals surface area (Å²) in [5.74, 6) is -1.08. The molecule has 7 nitrogen and oxygen atoms in total. The van der Waals surface area contributed by atoms with Crippen molar-refractivity contribution in [3.05, 3.63) is 108 Å². The third kappa shape index (κ3) is 5.05. The second-order valence-electron chi connectivity index (χ2n) is 8.39. The van der Waals surface area contributed by atoms with Crippen molar-refractivity contribution in [3.8, 4) is 11.5 Å². The fourth-order valence-electron chi connectivity index (χ4n) is 4.18. The second kappa shape index (κ2) is 10.3. The van der Waals surface area contributed by atoms with Gasteiger partial charge >= 0.3 is 5.97 Å². The molecule has 5 rings (SSSR count). The van der Waals surface area contributed by atoms with Crippen molar-refractivity contribution in [2.75, 3.05) is 13.2 Å². The number of ether oxygens (including phenoxy) is 2. The molecule has 1 amide bonds. The molecule has 0 saturated heterocycles. The highest BCUT2D eigenvalue weighted by Gasteiger charge is 2.33. The van der Waals surface area contributed by atoms with Crippen LogP contribution in [0.15, 0.2) is 102 Å². The Labute approximate surface area is 208 Å². The van der Waals surface area contributed by atoms with Crippen molar-refractivity contribution >= 4 is 28.4 Å². The smallest absolute Gasteiger partial charge is 0.344 e. The molecule has 0 aromatic heterocycles. The monoisotopic (exact) mass is 480 g/mol. The van der Waals surface area contributed by atoms with Crippen LogP contribution < -0.4 is 4.74 Å². The minimum atomic E-state index is -0.721. The summed E-state index contributed by atoms with van der Waals surface area (Å²) in [6, 6.07) is 29.9. The van der Waals surface area contributed by atoms with Crippen LogP contribution in [0, 0.1) is 0 Å². The Morgan fingerprint density at radius 1 is 0.861 bits per heavy atom. The molecular formula is C29H24N2O5. The van der Waals surface area contributed by atoms with Gasteiger partial charge in [0, 0.05) is 6.42 Å². The average Bonchev–Trinajstić information content (AvgIpc) is 3.37. The molecule has 1 unspecified atom stereocenters. The van der Waals surface area contributed by atoms with Gasteiger partial charge in [-0.05, 0) is 40.1 Å². The normalized spacial score (nSPS) is 14.9. The molecule has 1 heterocycles. The van der Waals surface area contributed by atoms with Gasteiger partial charge in [0.15, 0.2) is 24.7 Å². The summed E-state index contributed by atoms with van der Waals surface area (Å²) in [5.41, 5.74) is 2.68. The average molecular weight is 481 g/mol. The standard InChI is InChI=1S/C29H24N2O5/c32-26-12-6-7-13-27(26)35-19-29(34)36-18-28(33)31-25(21-9-2-1-3-10-21)17-24(30-31)23-15-14-20-8-4-5-11-22(20)16-23/h1-16,25,32H,17-19H2. The van der Waals surface area contributed by atoms with E-state index in [-0.39, 0.29) is 17.5 Å². The Kier molecular flexibility index (Phi) is 6.62. The van der Waals surface area contributed by atoms with Crippen molar-refractivity contribution in [3.63, 3.8) is 0 Å².